The maximum Gasteiger partial charge on any atom is 0.254 e. The minimum absolute atomic E-state index is 0.00563. The normalized spacial score (nSPS) is 14.8. The second kappa shape index (κ2) is 12.3. The number of ether oxygens (including phenoxy) is 2. The molecule has 0 unspecified atom stereocenters. The van der Waals surface area contributed by atoms with Gasteiger partial charge in [-0.1, -0.05) is 23.9 Å². The van der Waals surface area contributed by atoms with Gasteiger partial charge in [-0.25, -0.2) is 0 Å². The number of nitrogens with one attached hydrogen (secondary N) is 3. The van der Waals surface area contributed by atoms with Crippen LogP contribution >= 0.6 is 11.8 Å². The van der Waals surface area contributed by atoms with Crippen molar-refractivity contribution in [1.82, 2.24) is 5.32 Å². The van der Waals surface area contributed by atoms with Crippen LogP contribution in [-0.4, -0.2) is 31.8 Å². The summed E-state index contributed by atoms with van der Waals surface area (Å²) in [5.41, 5.74) is 3.34. The molecule has 1 aliphatic heterocycles. The quantitative estimate of drug-likeness (QED) is 0.331. The van der Waals surface area contributed by atoms with Gasteiger partial charge in [0, 0.05) is 17.5 Å². The molecule has 1 atom stereocenters. The molecule has 1 aliphatic rings. The highest BCUT2D eigenvalue weighted by molar-refractivity contribution is 8.03. The van der Waals surface area contributed by atoms with E-state index < -0.39 is 5.92 Å². The van der Waals surface area contributed by atoms with Crippen LogP contribution in [0.2, 0.25) is 0 Å². The Hall–Kier alpha value is -4.62. The average molecular weight is 545 g/mol. The molecule has 0 radical (unpaired) electrons. The third-order valence-electron chi connectivity index (χ3n) is 6.03. The van der Waals surface area contributed by atoms with Gasteiger partial charge in [0.2, 0.25) is 5.91 Å². The largest absolute Gasteiger partial charge is 0.497 e. The number of rotatable bonds is 9. The molecule has 3 aromatic rings. The van der Waals surface area contributed by atoms with E-state index in [0.29, 0.717) is 44.9 Å². The van der Waals surface area contributed by atoms with Crippen molar-refractivity contribution in [2.24, 2.45) is 0 Å². The third kappa shape index (κ3) is 6.27. The average Bonchev–Trinajstić information content (AvgIpc) is 3.46. The summed E-state index contributed by atoms with van der Waals surface area (Å²) >= 11 is 1.16. The molecular formula is C29H28N4O5S. The lowest BCUT2D eigenvalue weighted by Gasteiger charge is -2.28. The number of allylic oxidation sites excluding steroid dienone is 2. The van der Waals surface area contributed by atoms with Crippen molar-refractivity contribution in [2.75, 3.05) is 30.6 Å². The molecule has 2 heterocycles. The van der Waals surface area contributed by atoms with Gasteiger partial charge in [-0.2, -0.15) is 5.26 Å². The van der Waals surface area contributed by atoms with Crippen LogP contribution in [-0.2, 0) is 9.59 Å². The molecule has 0 saturated carbocycles. The monoisotopic (exact) mass is 544 g/mol. The lowest BCUT2D eigenvalue weighted by molar-refractivity contribution is -0.114. The number of aryl methyl sites for hydroxylation is 1. The summed E-state index contributed by atoms with van der Waals surface area (Å²) in [6.07, 6.45) is 1.50. The molecule has 4 rings (SSSR count). The number of furan rings is 1. The lowest BCUT2D eigenvalue weighted by Crippen LogP contribution is -2.31. The Bertz CT molecular complexity index is 1490. The molecule has 0 spiro atoms. The summed E-state index contributed by atoms with van der Waals surface area (Å²) < 4.78 is 16.2. The maximum atomic E-state index is 13.5. The van der Waals surface area contributed by atoms with Crippen LogP contribution in [0, 0.1) is 18.3 Å². The zero-order chi connectivity index (χ0) is 27.9. The van der Waals surface area contributed by atoms with Crippen molar-refractivity contribution in [3.05, 3.63) is 94.1 Å². The Morgan fingerprint density at radius 1 is 1.08 bits per heavy atom. The summed E-state index contributed by atoms with van der Waals surface area (Å²) in [5.74, 6) is 0.119. The summed E-state index contributed by atoms with van der Waals surface area (Å²) in [6, 6.07) is 18.2. The number of nitriles is 1. The lowest BCUT2D eigenvalue weighted by atomic mass is 9.85. The first-order chi connectivity index (χ1) is 18.8. The Labute approximate surface area is 230 Å². The number of hydrogen-bond donors (Lipinski definition) is 3. The molecule has 39 heavy (non-hydrogen) atoms. The Kier molecular flexibility index (Phi) is 8.63. The first-order valence-electron chi connectivity index (χ1n) is 12.0. The third-order valence-corrected chi connectivity index (χ3v) is 7.04. The number of methoxy groups -OCH3 is 2. The van der Waals surface area contributed by atoms with E-state index in [0.717, 1.165) is 17.3 Å². The van der Waals surface area contributed by atoms with Crippen LogP contribution in [0.5, 0.6) is 11.5 Å². The predicted octanol–water partition coefficient (Wildman–Crippen LogP) is 5.31. The van der Waals surface area contributed by atoms with Gasteiger partial charge < -0.3 is 29.8 Å². The highest BCUT2D eigenvalue weighted by Gasteiger charge is 2.36. The second-order valence-electron chi connectivity index (χ2n) is 8.69. The number of benzene rings is 2. The number of hydrogen-bond acceptors (Lipinski definition) is 8. The van der Waals surface area contributed by atoms with Gasteiger partial charge in [-0.3, -0.25) is 9.59 Å². The van der Waals surface area contributed by atoms with Gasteiger partial charge in [0.1, 0.15) is 17.3 Å². The smallest absolute Gasteiger partial charge is 0.254 e. The minimum atomic E-state index is -0.747. The zero-order valence-electron chi connectivity index (χ0n) is 22.0. The number of amides is 2. The van der Waals surface area contributed by atoms with Crippen molar-refractivity contribution in [3.8, 4) is 17.6 Å². The van der Waals surface area contributed by atoms with Gasteiger partial charge in [-0.15, -0.1) is 0 Å². The molecule has 10 heteroatoms. The zero-order valence-corrected chi connectivity index (χ0v) is 22.8. The van der Waals surface area contributed by atoms with Gasteiger partial charge in [0.05, 0.1) is 60.1 Å². The molecule has 0 aliphatic carbocycles. The standard InChI is InChI=1S/C29H28N4O5S/c1-17-7-5-8-19(13-17)32-28(35)26-18(2)31-29(21(15-30)27(26)23-9-6-12-38-23)39-16-25(34)33-22-11-10-20(36-3)14-24(22)37-4/h5-14,27,31H,16H2,1-4H3,(H,32,35)(H,33,34)/t27-/m1/s1. The van der Waals surface area contributed by atoms with E-state index in [1.54, 1.807) is 50.4 Å². The van der Waals surface area contributed by atoms with Crippen LogP contribution in [0.1, 0.15) is 24.2 Å². The molecule has 2 aromatic carbocycles. The van der Waals surface area contributed by atoms with Crippen LogP contribution in [0.4, 0.5) is 11.4 Å². The molecule has 2 amide bonds. The minimum Gasteiger partial charge on any atom is -0.497 e. The number of nitrogens with zero attached hydrogens (tertiary/aromatic N) is 1. The van der Waals surface area contributed by atoms with Crippen LogP contribution in [0.3, 0.4) is 0 Å². The van der Waals surface area contributed by atoms with Crippen molar-refractivity contribution in [2.45, 2.75) is 19.8 Å². The second-order valence-corrected chi connectivity index (χ2v) is 9.68. The van der Waals surface area contributed by atoms with Crippen molar-refractivity contribution >= 4 is 35.0 Å². The van der Waals surface area contributed by atoms with Crippen molar-refractivity contribution in [3.63, 3.8) is 0 Å². The van der Waals surface area contributed by atoms with Crippen molar-refractivity contribution < 1.29 is 23.5 Å². The number of dihydropyridines is 1. The molecule has 0 fully saturated rings. The Morgan fingerprint density at radius 3 is 2.56 bits per heavy atom. The predicted molar refractivity (Wildman–Crippen MR) is 150 cm³/mol. The molecule has 200 valence electrons. The highest BCUT2D eigenvalue weighted by atomic mass is 32.2. The molecular weight excluding hydrogens is 516 g/mol. The summed E-state index contributed by atoms with van der Waals surface area (Å²) in [6.45, 7) is 3.70. The summed E-state index contributed by atoms with van der Waals surface area (Å²) in [7, 11) is 3.05. The van der Waals surface area contributed by atoms with Gasteiger partial charge in [-0.05, 0) is 55.8 Å². The number of carbonyl (C=O) groups excluding carboxylic acids is 2. The van der Waals surface area contributed by atoms with Crippen LogP contribution in [0.25, 0.3) is 0 Å². The van der Waals surface area contributed by atoms with E-state index in [-0.39, 0.29) is 23.1 Å². The van der Waals surface area contributed by atoms with E-state index in [9.17, 15) is 14.9 Å². The Balaban J connectivity index is 1.56. The summed E-state index contributed by atoms with van der Waals surface area (Å²) in [5, 5.41) is 19.6. The van der Waals surface area contributed by atoms with E-state index >= 15 is 0 Å². The fourth-order valence-electron chi connectivity index (χ4n) is 4.21. The van der Waals surface area contributed by atoms with Crippen LogP contribution < -0.4 is 25.4 Å². The fourth-order valence-corrected chi connectivity index (χ4v) is 5.11. The molecule has 1 aromatic heterocycles. The maximum absolute atomic E-state index is 13.5. The van der Waals surface area contributed by atoms with Gasteiger partial charge in [0.25, 0.3) is 5.91 Å². The highest BCUT2D eigenvalue weighted by Crippen LogP contribution is 2.41. The number of thioether (sulfide) groups is 1. The summed E-state index contributed by atoms with van der Waals surface area (Å²) in [4.78, 5) is 26.3. The fraction of sp³-hybridized carbons (Fsp3) is 0.207. The van der Waals surface area contributed by atoms with Gasteiger partial charge >= 0.3 is 0 Å². The van der Waals surface area contributed by atoms with E-state index in [4.69, 9.17) is 13.9 Å². The van der Waals surface area contributed by atoms with Gasteiger partial charge in [0.15, 0.2) is 0 Å². The molecule has 0 bridgehead atoms. The van der Waals surface area contributed by atoms with E-state index in [2.05, 4.69) is 22.0 Å². The topological polar surface area (TPSA) is 126 Å². The molecule has 0 saturated heterocycles. The number of carbonyl (C=O) groups is 2. The number of anilines is 2. The van der Waals surface area contributed by atoms with E-state index in [1.807, 2.05) is 25.1 Å². The first kappa shape index (κ1) is 27.4. The Morgan fingerprint density at radius 2 is 1.90 bits per heavy atom. The first-order valence-corrected chi connectivity index (χ1v) is 13.0. The molecule has 3 N–H and O–H groups in total. The van der Waals surface area contributed by atoms with Crippen LogP contribution in [0.15, 0.2) is 87.1 Å². The van der Waals surface area contributed by atoms with E-state index in [1.165, 1.54) is 13.4 Å². The van der Waals surface area contributed by atoms with Crippen molar-refractivity contribution in [1.29, 1.82) is 5.26 Å². The SMILES string of the molecule is COc1ccc(NC(=O)CSC2=C(C#N)[C@H](c3ccco3)C(C(=O)Nc3cccc(C)c3)=C(C)N2)c(OC)c1. The molecule has 9 nitrogen and oxygen atoms in total.